The lowest BCUT2D eigenvalue weighted by atomic mass is 9.99. The Labute approximate surface area is 221 Å². The molecule has 196 valence electrons. The second-order valence-corrected chi connectivity index (χ2v) is 10.6. The first kappa shape index (κ1) is 24.6. The van der Waals surface area contributed by atoms with Crippen LogP contribution in [-0.2, 0) is 22.7 Å². The maximum atomic E-state index is 15.0. The fraction of sp³-hybridized carbons (Fsp3) is 0.367. The molecule has 3 heterocycles. The van der Waals surface area contributed by atoms with Crippen LogP contribution in [0, 0.1) is 5.82 Å². The molecule has 3 aliphatic rings. The van der Waals surface area contributed by atoms with Crippen molar-refractivity contribution in [2.24, 2.45) is 0 Å². The Morgan fingerprint density at radius 2 is 1.79 bits per heavy atom. The van der Waals surface area contributed by atoms with Gasteiger partial charge in [0.05, 0.1) is 5.69 Å². The third-order valence-corrected chi connectivity index (χ3v) is 8.07. The maximum absolute atomic E-state index is 15.0. The summed E-state index contributed by atoms with van der Waals surface area (Å²) in [7, 11) is 1.93. The van der Waals surface area contributed by atoms with E-state index in [4.69, 9.17) is 0 Å². The van der Waals surface area contributed by atoms with E-state index < -0.39 is 11.9 Å². The Balaban J connectivity index is 1.26. The molecule has 0 aromatic heterocycles. The first-order valence-electron chi connectivity index (χ1n) is 13.3. The van der Waals surface area contributed by atoms with Gasteiger partial charge in [0.15, 0.2) is 0 Å². The number of carbonyl (C=O) groups excluding carboxylic acids is 3. The summed E-state index contributed by atoms with van der Waals surface area (Å²) in [6.07, 6.45) is 4.11. The molecule has 0 saturated carbocycles. The van der Waals surface area contributed by atoms with Crippen LogP contribution < -0.4 is 15.1 Å². The van der Waals surface area contributed by atoms with Gasteiger partial charge in [0.2, 0.25) is 11.8 Å². The molecular formula is C30H31FN4O3. The van der Waals surface area contributed by atoms with Gasteiger partial charge in [-0.1, -0.05) is 30.7 Å². The number of rotatable bonds is 6. The van der Waals surface area contributed by atoms with Crippen molar-refractivity contribution in [1.29, 1.82) is 0 Å². The van der Waals surface area contributed by atoms with E-state index in [-0.39, 0.29) is 24.1 Å². The monoisotopic (exact) mass is 514 g/mol. The summed E-state index contributed by atoms with van der Waals surface area (Å²) >= 11 is 0. The normalized spacial score (nSPS) is 19.8. The number of amides is 3. The molecule has 3 aromatic rings. The Bertz CT molecular complexity index is 1450. The first-order valence-corrected chi connectivity index (χ1v) is 13.3. The minimum Gasteiger partial charge on any atom is -0.370 e. The van der Waals surface area contributed by atoms with Crippen LogP contribution in [0.5, 0.6) is 0 Å². The van der Waals surface area contributed by atoms with E-state index in [1.54, 1.807) is 12.1 Å². The first-order chi connectivity index (χ1) is 18.4. The van der Waals surface area contributed by atoms with Crippen molar-refractivity contribution in [3.8, 4) is 0 Å². The third-order valence-electron chi connectivity index (χ3n) is 8.07. The van der Waals surface area contributed by atoms with Gasteiger partial charge in [-0.2, -0.15) is 0 Å². The molecule has 0 spiro atoms. The van der Waals surface area contributed by atoms with E-state index in [1.807, 2.05) is 48.3 Å². The van der Waals surface area contributed by atoms with Gasteiger partial charge in [0.1, 0.15) is 11.9 Å². The molecule has 3 aromatic carbocycles. The van der Waals surface area contributed by atoms with Gasteiger partial charge in [-0.15, -0.1) is 0 Å². The summed E-state index contributed by atoms with van der Waals surface area (Å²) in [6.45, 7) is 3.21. The zero-order valence-corrected chi connectivity index (χ0v) is 21.5. The molecule has 3 aliphatic heterocycles. The molecule has 8 heteroatoms. The molecule has 2 fully saturated rings. The van der Waals surface area contributed by atoms with Crippen LogP contribution in [0.4, 0.5) is 15.8 Å². The maximum Gasteiger partial charge on any atom is 0.259 e. The average molecular weight is 515 g/mol. The van der Waals surface area contributed by atoms with Crippen molar-refractivity contribution in [2.45, 2.75) is 51.2 Å². The molecule has 0 aliphatic carbocycles. The fourth-order valence-corrected chi connectivity index (χ4v) is 6.05. The van der Waals surface area contributed by atoms with Crippen LogP contribution in [0.25, 0.3) is 10.8 Å². The smallest absolute Gasteiger partial charge is 0.259 e. The summed E-state index contributed by atoms with van der Waals surface area (Å²) < 4.78 is 15.0. The molecule has 7 nitrogen and oxygen atoms in total. The molecule has 38 heavy (non-hydrogen) atoms. The Morgan fingerprint density at radius 1 is 1.00 bits per heavy atom. The molecule has 6 rings (SSSR count). The van der Waals surface area contributed by atoms with Crippen LogP contribution in [0.1, 0.15) is 53.6 Å². The SMILES string of the molecule is CN(Cc1ccc2c3c(cccc13)C(=O)N2C1CCC(=O)NC1=O)c1ccc(CN2CCCCC2)c(F)c1. The van der Waals surface area contributed by atoms with Crippen molar-refractivity contribution in [1.82, 2.24) is 10.2 Å². The van der Waals surface area contributed by atoms with Gasteiger partial charge in [0, 0.05) is 48.8 Å². The average Bonchev–Trinajstić information content (AvgIpc) is 3.20. The van der Waals surface area contributed by atoms with E-state index in [2.05, 4.69) is 10.2 Å². The summed E-state index contributed by atoms with van der Waals surface area (Å²) in [4.78, 5) is 43.5. The van der Waals surface area contributed by atoms with Gasteiger partial charge in [-0.25, -0.2) is 4.39 Å². The fourth-order valence-electron chi connectivity index (χ4n) is 6.05. The second-order valence-electron chi connectivity index (χ2n) is 10.6. The van der Waals surface area contributed by atoms with Crippen LogP contribution in [0.2, 0.25) is 0 Å². The van der Waals surface area contributed by atoms with Crippen molar-refractivity contribution < 1.29 is 18.8 Å². The zero-order chi connectivity index (χ0) is 26.4. The predicted octanol–water partition coefficient (Wildman–Crippen LogP) is 4.37. The highest BCUT2D eigenvalue weighted by Gasteiger charge is 2.40. The topological polar surface area (TPSA) is 73.0 Å². The number of hydrogen-bond acceptors (Lipinski definition) is 5. The van der Waals surface area contributed by atoms with Crippen LogP contribution >= 0.6 is 0 Å². The van der Waals surface area contributed by atoms with Gasteiger partial charge in [-0.3, -0.25) is 29.5 Å². The van der Waals surface area contributed by atoms with E-state index >= 15 is 4.39 Å². The van der Waals surface area contributed by atoms with Crippen molar-refractivity contribution in [3.63, 3.8) is 0 Å². The lowest BCUT2D eigenvalue weighted by Gasteiger charge is -2.30. The van der Waals surface area contributed by atoms with Crippen molar-refractivity contribution in [3.05, 3.63) is 71.0 Å². The molecule has 1 N–H and O–H groups in total. The molecule has 1 unspecified atom stereocenters. The van der Waals surface area contributed by atoms with E-state index in [0.29, 0.717) is 30.8 Å². The highest BCUT2D eigenvalue weighted by molar-refractivity contribution is 6.27. The van der Waals surface area contributed by atoms with Gasteiger partial charge in [0.25, 0.3) is 5.91 Å². The summed E-state index contributed by atoms with van der Waals surface area (Å²) in [5.41, 5.74) is 3.76. The lowest BCUT2D eigenvalue weighted by molar-refractivity contribution is -0.134. The van der Waals surface area contributed by atoms with Crippen LogP contribution in [-0.4, -0.2) is 48.8 Å². The van der Waals surface area contributed by atoms with Crippen LogP contribution in [0.3, 0.4) is 0 Å². The largest absolute Gasteiger partial charge is 0.370 e. The minimum atomic E-state index is -0.712. The molecular weight excluding hydrogens is 483 g/mol. The van der Waals surface area contributed by atoms with E-state index in [0.717, 1.165) is 40.7 Å². The highest BCUT2D eigenvalue weighted by Crippen LogP contribution is 2.41. The molecule has 0 bridgehead atoms. The molecule has 1 atom stereocenters. The zero-order valence-electron chi connectivity index (χ0n) is 21.5. The van der Waals surface area contributed by atoms with Gasteiger partial charge < -0.3 is 4.90 Å². The number of hydrogen-bond donors (Lipinski definition) is 1. The number of carbonyl (C=O) groups is 3. The minimum absolute atomic E-state index is 0.189. The number of nitrogens with one attached hydrogen (secondary N) is 1. The summed E-state index contributed by atoms with van der Waals surface area (Å²) in [5.74, 6) is -1.16. The Hall–Kier alpha value is -3.78. The number of nitrogens with zero attached hydrogens (tertiary/aromatic N) is 3. The predicted molar refractivity (Wildman–Crippen MR) is 145 cm³/mol. The standard InChI is InChI=1S/C30H31FN4O3/c1-33(21-10-8-20(24(31)16-21)18-34-14-3-2-4-15-34)17-19-9-11-25-28-22(19)6-5-7-23(28)30(38)35(25)26-12-13-27(36)32-29(26)37/h5-11,16,26H,2-4,12-15,17-18H2,1H3,(H,32,36,37). The third kappa shape index (κ3) is 4.32. The summed E-state index contributed by atoms with van der Waals surface area (Å²) in [6, 6.07) is 14.2. The van der Waals surface area contributed by atoms with E-state index in [1.165, 1.54) is 24.2 Å². The highest BCUT2D eigenvalue weighted by atomic mass is 19.1. The molecule has 3 amide bonds. The molecule has 0 radical (unpaired) electrons. The second kappa shape index (κ2) is 9.83. The van der Waals surface area contributed by atoms with Gasteiger partial charge in [-0.05, 0) is 67.6 Å². The Morgan fingerprint density at radius 3 is 2.55 bits per heavy atom. The lowest BCUT2D eigenvalue weighted by Crippen LogP contribution is -2.53. The molecule has 2 saturated heterocycles. The van der Waals surface area contributed by atoms with Gasteiger partial charge >= 0.3 is 0 Å². The number of imide groups is 1. The number of benzene rings is 3. The van der Waals surface area contributed by atoms with Crippen molar-refractivity contribution >= 4 is 39.9 Å². The number of piperidine rings is 2. The quantitative estimate of drug-likeness (QED) is 0.495. The Kier molecular flexibility index (Phi) is 6.35. The van der Waals surface area contributed by atoms with Crippen molar-refractivity contribution in [2.75, 3.05) is 29.9 Å². The number of halogens is 1. The summed E-state index contributed by atoms with van der Waals surface area (Å²) in [5, 5.41) is 4.10. The number of likely N-dealkylation sites (tertiary alicyclic amines) is 1. The number of anilines is 2. The van der Waals surface area contributed by atoms with E-state index in [9.17, 15) is 14.4 Å². The van der Waals surface area contributed by atoms with Crippen LogP contribution in [0.15, 0.2) is 48.5 Å².